The lowest BCUT2D eigenvalue weighted by Gasteiger charge is -2.19. The molecule has 24 heavy (non-hydrogen) atoms. The molecule has 0 radical (unpaired) electrons. The molecule has 0 aliphatic carbocycles. The van der Waals surface area contributed by atoms with Crippen LogP contribution in [0.5, 0.6) is 0 Å². The fourth-order valence-corrected chi connectivity index (χ4v) is 2.99. The van der Waals surface area contributed by atoms with E-state index in [1.54, 1.807) is 0 Å². The zero-order chi connectivity index (χ0) is 17.1. The second-order valence-electron chi connectivity index (χ2n) is 6.40. The van der Waals surface area contributed by atoms with E-state index in [4.69, 9.17) is 11.5 Å². The van der Waals surface area contributed by atoms with Gasteiger partial charge in [-0.1, -0.05) is 24.3 Å². The average Bonchev–Trinajstić information content (AvgIpc) is 3.15. The Balaban J connectivity index is 1.57. The van der Waals surface area contributed by atoms with Gasteiger partial charge in [-0.2, -0.15) is 9.67 Å². The fourth-order valence-electron chi connectivity index (χ4n) is 2.99. The van der Waals surface area contributed by atoms with Crippen molar-refractivity contribution in [1.29, 1.82) is 0 Å². The normalized spacial score (nSPS) is 18.9. The molecular weight excluding hydrogens is 302 g/mol. The van der Waals surface area contributed by atoms with Crippen molar-refractivity contribution in [3.63, 3.8) is 0 Å². The molecule has 2 heterocycles. The van der Waals surface area contributed by atoms with E-state index in [2.05, 4.69) is 46.1 Å². The molecule has 0 bridgehead atoms. The summed E-state index contributed by atoms with van der Waals surface area (Å²) in [5.41, 5.74) is 13.3. The molecule has 7 nitrogen and oxygen atoms in total. The summed E-state index contributed by atoms with van der Waals surface area (Å²) in [6.07, 6.45) is 5.61. The van der Waals surface area contributed by atoms with Gasteiger partial charge in [0, 0.05) is 25.7 Å². The smallest absolute Gasteiger partial charge is 0.241 e. The van der Waals surface area contributed by atoms with Gasteiger partial charge in [0.1, 0.15) is 0 Å². The highest BCUT2D eigenvalue weighted by atomic mass is 15.4. The van der Waals surface area contributed by atoms with Crippen LogP contribution in [0.1, 0.15) is 12.0 Å². The number of anilines is 2. The lowest BCUT2D eigenvalue weighted by atomic mass is 10.2. The summed E-state index contributed by atoms with van der Waals surface area (Å²) < 4.78 is 1.54. The average molecular weight is 327 g/mol. The zero-order valence-electron chi connectivity index (χ0n) is 14.3. The Kier molecular flexibility index (Phi) is 4.82. The summed E-state index contributed by atoms with van der Waals surface area (Å²) in [7, 11) is 4.31. The van der Waals surface area contributed by atoms with Crippen molar-refractivity contribution in [3.05, 3.63) is 35.9 Å². The van der Waals surface area contributed by atoms with Gasteiger partial charge < -0.3 is 16.4 Å². The van der Waals surface area contributed by atoms with Gasteiger partial charge in [-0.25, -0.2) is 0 Å². The first-order valence-corrected chi connectivity index (χ1v) is 8.16. The van der Waals surface area contributed by atoms with E-state index < -0.39 is 0 Å². The first-order chi connectivity index (χ1) is 11.5. The molecule has 0 amide bonds. The Bertz CT molecular complexity index is 702. The maximum Gasteiger partial charge on any atom is 0.241 e. The summed E-state index contributed by atoms with van der Waals surface area (Å²) in [6, 6.07) is 8.67. The van der Waals surface area contributed by atoms with Crippen molar-refractivity contribution >= 4 is 18.0 Å². The molecule has 4 N–H and O–H groups in total. The number of nitrogens with zero attached hydrogens (tertiary/aromatic N) is 5. The molecule has 1 aliphatic rings. The molecule has 0 saturated carbocycles. The van der Waals surface area contributed by atoms with Crippen molar-refractivity contribution in [1.82, 2.24) is 24.6 Å². The highest BCUT2D eigenvalue weighted by molar-refractivity contribution is 5.52. The van der Waals surface area contributed by atoms with Gasteiger partial charge in [0.05, 0.1) is 5.69 Å². The summed E-state index contributed by atoms with van der Waals surface area (Å²) in [5, 5.41) is 4.08. The summed E-state index contributed by atoms with van der Waals surface area (Å²) >= 11 is 0. The monoisotopic (exact) mass is 327 g/mol. The van der Waals surface area contributed by atoms with Crippen LogP contribution < -0.4 is 11.5 Å². The number of hydrogen-bond acceptors (Lipinski definition) is 6. The molecule has 1 unspecified atom stereocenters. The zero-order valence-corrected chi connectivity index (χ0v) is 14.3. The van der Waals surface area contributed by atoms with E-state index in [0.717, 1.165) is 24.3 Å². The molecule has 7 heteroatoms. The molecule has 1 aliphatic heterocycles. The molecule has 1 atom stereocenters. The van der Waals surface area contributed by atoms with Crippen molar-refractivity contribution < 1.29 is 0 Å². The molecule has 0 spiro atoms. The largest absolute Gasteiger partial charge is 0.368 e. The molecule has 2 aromatic rings. The van der Waals surface area contributed by atoms with Crippen LogP contribution in [0, 0.1) is 0 Å². The Morgan fingerprint density at radius 3 is 2.58 bits per heavy atom. The van der Waals surface area contributed by atoms with Gasteiger partial charge in [-0.15, -0.1) is 5.10 Å². The first kappa shape index (κ1) is 16.5. The standard InChI is InChI=1S/C17H25N7/c1-22(2)15-9-11-23(12-15)10-3-4-13-5-7-14(8-6-13)24-17(19)20-16(18)21-24/h3-8,15H,9-12H2,1-2H3,(H4,18,19,20,21). The van der Waals surface area contributed by atoms with Gasteiger partial charge in [-0.3, -0.25) is 4.90 Å². The van der Waals surface area contributed by atoms with E-state index in [0.29, 0.717) is 12.0 Å². The lowest BCUT2D eigenvalue weighted by molar-refractivity contribution is 0.280. The van der Waals surface area contributed by atoms with Gasteiger partial charge in [0.15, 0.2) is 0 Å². The minimum atomic E-state index is 0.179. The van der Waals surface area contributed by atoms with Crippen LogP contribution in [0.4, 0.5) is 11.9 Å². The van der Waals surface area contributed by atoms with Crippen LogP contribution in [0.3, 0.4) is 0 Å². The molecule has 1 aromatic heterocycles. The topological polar surface area (TPSA) is 89.2 Å². The third-order valence-corrected chi connectivity index (χ3v) is 4.44. The summed E-state index contributed by atoms with van der Waals surface area (Å²) in [4.78, 5) is 8.70. The van der Waals surface area contributed by atoms with Crippen LogP contribution in [0.15, 0.2) is 30.3 Å². The second-order valence-corrected chi connectivity index (χ2v) is 6.40. The third kappa shape index (κ3) is 3.74. The van der Waals surface area contributed by atoms with E-state index in [9.17, 15) is 0 Å². The van der Waals surface area contributed by atoms with E-state index in [1.165, 1.54) is 17.6 Å². The van der Waals surface area contributed by atoms with Gasteiger partial charge in [0.2, 0.25) is 11.9 Å². The van der Waals surface area contributed by atoms with E-state index >= 15 is 0 Å². The number of likely N-dealkylation sites (N-methyl/N-ethyl adjacent to an activating group) is 1. The molecule has 1 fully saturated rings. The van der Waals surface area contributed by atoms with Crippen LogP contribution in [-0.4, -0.2) is 64.3 Å². The Labute approximate surface area is 142 Å². The number of nitrogen functional groups attached to an aromatic ring is 2. The minimum absolute atomic E-state index is 0.179. The molecule has 1 aromatic carbocycles. The second kappa shape index (κ2) is 7.02. The fraction of sp³-hybridized carbons (Fsp3) is 0.412. The highest BCUT2D eigenvalue weighted by Gasteiger charge is 2.22. The number of likely N-dealkylation sites (tertiary alicyclic amines) is 1. The maximum absolute atomic E-state index is 5.78. The van der Waals surface area contributed by atoms with Crippen molar-refractivity contribution in [3.8, 4) is 5.69 Å². The van der Waals surface area contributed by atoms with Crippen molar-refractivity contribution in [2.75, 3.05) is 45.2 Å². The first-order valence-electron chi connectivity index (χ1n) is 8.16. The molecule has 3 rings (SSSR count). The van der Waals surface area contributed by atoms with Gasteiger partial charge >= 0.3 is 0 Å². The predicted octanol–water partition coefficient (Wildman–Crippen LogP) is 1.08. The lowest BCUT2D eigenvalue weighted by Crippen LogP contribution is -2.31. The van der Waals surface area contributed by atoms with E-state index in [-0.39, 0.29) is 5.95 Å². The number of rotatable bonds is 5. The SMILES string of the molecule is CN(C)C1CCN(CC=Cc2ccc(-n3nc(N)nc3N)cc2)C1. The number of nitrogens with two attached hydrogens (primary N) is 2. The number of aromatic nitrogens is 3. The van der Waals surface area contributed by atoms with Crippen LogP contribution >= 0.6 is 0 Å². The molecular formula is C17H25N7. The van der Waals surface area contributed by atoms with Crippen LogP contribution in [0.25, 0.3) is 11.8 Å². The Morgan fingerprint density at radius 2 is 2.00 bits per heavy atom. The molecule has 1 saturated heterocycles. The minimum Gasteiger partial charge on any atom is -0.368 e. The highest BCUT2D eigenvalue weighted by Crippen LogP contribution is 2.15. The third-order valence-electron chi connectivity index (χ3n) is 4.44. The molecule has 128 valence electrons. The summed E-state index contributed by atoms with van der Waals surface area (Å²) in [5.74, 6) is 0.471. The predicted molar refractivity (Wildman–Crippen MR) is 97.7 cm³/mol. The Morgan fingerprint density at radius 1 is 1.25 bits per heavy atom. The van der Waals surface area contributed by atoms with Gasteiger partial charge in [0.25, 0.3) is 0 Å². The van der Waals surface area contributed by atoms with Crippen LogP contribution in [0.2, 0.25) is 0 Å². The number of hydrogen-bond donors (Lipinski definition) is 2. The maximum atomic E-state index is 5.78. The summed E-state index contributed by atoms with van der Waals surface area (Å²) in [6.45, 7) is 3.29. The quantitative estimate of drug-likeness (QED) is 0.854. The van der Waals surface area contributed by atoms with Crippen molar-refractivity contribution in [2.24, 2.45) is 0 Å². The van der Waals surface area contributed by atoms with E-state index in [1.807, 2.05) is 24.3 Å². The Hall–Kier alpha value is -2.38. The number of benzene rings is 1. The van der Waals surface area contributed by atoms with Crippen molar-refractivity contribution in [2.45, 2.75) is 12.5 Å². The van der Waals surface area contributed by atoms with Gasteiger partial charge in [-0.05, 0) is 38.2 Å². The van der Waals surface area contributed by atoms with Crippen LogP contribution in [-0.2, 0) is 0 Å².